The lowest BCUT2D eigenvalue weighted by atomic mass is 9.96. The zero-order valence-corrected chi connectivity index (χ0v) is 16.0. The Kier molecular flexibility index (Phi) is 6.76. The van der Waals surface area contributed by atoms with Crippen molar-refractivity contribution in [1.82, 2.24) is 10.2 Å². The maximum Gasteiger partial charge on any atom is 0.309 e. The second-order valence-electron chi connectivity index (χ2n) is 6.54. The minimum Gasteiger partial charge on any atom is -0.455 e. The van der Waals surface area contributed by atoms with E-state index in [9.17, 15) is 18.8 Å². The number of hydrogen-bond acceptors (Lipinski definition) is 5. The van der Waals surface area contributed by atoms with Gasteiger partial charge in [0, 0.05) is 23.5 Å². The van der Waals surface area contributed by atoms with Crippen molar-refractivity contribution in [2.45, 2.75) is 19.4 Å². The smallest absolute Gasteiger partial charge is 0.309 e. The van der Waals surface area contributed by atoms with Gasteiger partial charge in [-0.2, -0.15) is 0 Å². The number of likely N-dealkylation sites (tertiary alicyclic amines) is 1. The van der Waals surface area contributed by atoms with Crippen LogP contribution in [0.2, 0.25) is 0 Å². The van der Waals surface area contributed by atoms with E-state index in [1.165, 1.54) is 24.3 Å². The van der Waals surface area contributed by atoms with Crippen LogP contribution < -0.4 is 5.32 Å². The molecule has 1 aromatic carbocycles. The zero-order chi connectivity index (χ0) is 19.9. The zero-order valence-electron chi connectivity index (χ0n) is 15.2. The normalized spacial score (nSPS) is 14.5. The Morgan fingerprint density at radius 2 is 1.86 bits per heavy atom. The lowest BCUT2D eigenvalue weighted by molar-refractivity contribution is -0.153. The van der Waals surface area contributed by atoms with Crippen LogP contribution in [0, 0.1) is 11.7 Å². The number of nitrogens with one attached hydrogen (secondary N) is 1. The van der Waals surface area contributed by atoms with Gasteiger partial charge in [-0.3, -0.25) is 14.4 Å². The molecule has 1 aliphatic rings. The fraction of sp³-hybridized carbons (Fsp3) is 0.350. The van der Waals surface area contributed by atoms with Crippen LogP contribution in [-0.2, 0) is 20.9 Å². The van der Waals surface area contributed by atoms with Gasteiger partial charge in [0.25, 0.3) is 11.8 Å². The number of carbonyl (C=O) groups excluding carboxylic acids is 3. The summed E-state index contributed by atoms with van der Waals surface area (Å²) in [5, 5.41) is 4.63. The topological polar surface area (TPSA) is 75.7 Å². The number of rotatable bonds is 6. The van der Waals surface area contributed by atoms with Crippen molar-refractivity contribution in [3.8, 4) is 0 Å². The third kappa shape index (κ3) is 5.39. The first-order valence-electron chi connectivity index (χ1n) is 9.03. The number of thiophene rings is 1. The number of nitrogens with zero attached hydrogens (tertiary/aromatic N) is 1. The van der Waals surface area contributed by atoms with Crippen molar-refractivity contribution in [2.75, 3.05) is 19.7 Å². The third-order valence-corrected chi connectivity index (χ3v) is 5.47. The lowest BCUT2D eigenvalue weighted by Gasteiger charge is -2.31. The van der Waals surface area contributed by atoms with E-state index in [-0.39, 0.29) is 24.3 Å². The molecule has 0 atom stereocenters. The van der Waals surface area contributed by atoms with Gasteiger partial charge in [-0.15, -0.1) is 11.3 Å². The summed E-state index contributed by atoms with van der Waals surface area (Å²) >= 11 is 1.54. The SMILES string of the molecule is O=C(COC(=O)C1CCN(C(=O)c2ccc(F)cc2)CC1)NCc1cccs1. The molecule has 1 aromatic heterocycles. The number of esters is 1. The van der Waals surface area contributed by atoms with E-state index in [4.69, 9.17) is 4.74 Å². The molecule has 1 aliphatic heterocycles. The highest BCUT2D eigenvalue weighted by atomic mass is 32.1. The Bertz CT molecular complexity index is 815. The standard InChI is InChI=1S/C20H21FN2O4S/c21-16-5-3-14(4-6-16)19(25)23-9-7-15(8-10-23)20(26)27-13-18(24)22-12-17-2-1-11-28-17/h1-6,11,15H,7-10,12-13H2,(H,22,24). The molecular weight excluding hydrogens is 383 g/mol. The highest BCUT2D eigenvalue weighted by Crippen LogP contribution is 2.20. The minimum atomic E-state index is -0.417. The number of hydrogen-bond donors (Lipinski definition) is 1. The molecule has 1 fully saturated rings. The summed E-state index contributed by atoms with van der Waals surface area (Å²) in [6.07, 6.45) is 0.950. The van der Waals surface area contributed by atoms with Gasteiger partial charge in [0.2, 0.25) is 0 Å². The molecular formula is C20H21FN2O4S. The van der Waals surface area contributed by atoms with E-state index in [0.717, 1.165) is 4.88 Å². The molecule has 1 saturated heterocycles. The van der Waals surface area contributed by atoms with Crippen molar-refractivity contribution in [2.24, 2.45) is 5.92 Å². The van der Waals surface area contributed by atoms with Gasteiger partial charge in [-0.05, 0) is 48.6 Å². The Hall–Kier alpha value is -2.74. The van der Waals surface area contributed by atoms with Gasteiger partial charge in [-0.1, -0.05) is 6.07 Å². The molecule has 148 valence electrons. The number of halogens is 1. The fourth-order valence-corrected chi connectivity index (χ4v) is 3.64. The monoisotopic (exact) mass is 404 g/mol. The van der Waals surface area contributed by atoms with Gasteiger partial charge in [0.1, 0.15) is 5.82 Å². The molecule has 0 radical (unpaired) electrons. The van der Waals surface area contributed by atoms with Crippen LogP contribution in [0.3, 0.4) is 0 Å². The maximum absolute atomic E-state index is 13.0. The molecule has 2 amide bonds. The summed E-state index contributed by atoms with van der Waals surface area (Å²) in [5.74, 6) is -1.66. The number of benzene rings is 1. The highest BCUT2D eigenvalue weighted by Gasteiger charge is 2.29. The van der Waals surface area contributed by atoms with Crippen molar-refractivity contribution >= 4 is 29.1 Å². The van der Waals surface area contributed by atoms with Crippen LogP contribution in [0.15, 0.2) is 41.8 Å². The molecule has 28 heavy (non-hydrogen) atoms. The lowest BCUT2D eigenvalue weighted by Crippen LogP contribution is -2.41. The third-order valence-electron chi connectivity index (χ3n) is 4.59. The molecule has 0 unspecified atom stereocenters. The first kappa shape index (κ1) is 20.0. The maximum atomic E-state index is 13.0. The van der Waals surface area contributed by atoms with Gasteiger partial charge < -0.3 is 15.0 Å². The number of amides is 2. The van der Waals surface area contributed by atoms with Gasteiger partial charge in [0.15, 0.2) is 6.61 Å². The molecule has 2 aromatic rings. The largest absolute Gasteiger partial charge is 0.455 e. The quantitative estimate of drug-likeness (QED) is 0.751. The Morgan fingerprint density at radius 1 is 1.14 bits per heavy atom. The molecule has 1 N–H and O–H groups in total. The van der Waals surface area contributed by atoms with Crippen molar-refractivity contribution in [1.29, 1.82) is 0 Å². The Labute approximate surface area is 166 Å². The predicted molar refractivity (Wildman–Crippen MR) is 102 cm³/mol. The average Bonchev–Trinajstić information content (AvgIpc) is 3.24. The minimum absolute atomic E-state index is 0.181. The van der Waals surface area contributed by atoms with Gasteiger partial charge in [0.05, 0.1) is 12.5 Å². The second kappa shape index (κ2) is 9.45. The molecule has 0 aliphatic carbocycles. The van der Waals surface area contributed by atoms with E-state index in [2.05, 4.69) is 5.32 Å². The molecule has 3 rings (SSSR count). The van der Waals surface area contributed by atoms with Crippen LogP contribution in [0.5, 0.6) is 0 Å². The van der Waals surface area contributed by atoms with Crippen LogP contribution in [0.4, 0.5) is 4.39 Å². The second-order valence-corrected chi connectivity index (χ2v) is 7.57. The summed E-state index contributed by atoms with van der Waals surface area (Å²) in [4.78, 5) is 39.0. The van der Waals surface area contributed by atoms with Crippen LogP contribution >= 0.6 is 11.3 Å². The van der Waals surface area contributed by atoms with Crippen LogP contribution in [0.1, 0.15) is 28.1 Å². The number of piperidine rings is 1. The van der Waals surface area contributed by atoms with E-state index in [1.807, 2.05) is 17.5 Å². The molecule has 0 spiro atoms. The summed E-state index contributed by atoms with van der Waals surface area (Å²) in [6.45, 7) is 0.942. The van der Waals surface area contributed by atoms with Gasteiger partial charge in [-0.25, -0.2) is 4.39 Å². The van der Waals surface area contributed by atoms with E-state index >= 15 is 0 Å². The van der Waals surface area contributed by atoms with Crippen molar-refractivity contribution < 1.29 is 23.5 Å². The summed E-state index contributed by atoms with van der Waals surface area (Å²) in [6, 6.07) is 9.22. The first-order valence-corrected chi connectivity index (χ1v) is 9.91. The van der Waals surface area contributed by atoms with E-state index in [0.29, 0.717) is 38.0 Å². The molecule has 6 nitrogen and oxygen atoms in total. The highest BCUT2D eigenvalue weighted by molar-refractivity contribution is 7.09. The molecule has 0 bridgehead atoms. The Morgan fingerprint density at radius 3 is 2.50 bits per heavy atom. The van der Waals surface area contributed by atoms with E-state index < -0.39 is 11.8 Å². The predicted octanol–water partition coefficient (Wildman–Crippen LogP) is 2.60. The molecule has 2 heterocycles. The molecule has 8 heteroatoms. The number of ether oxygens (including phenoxy) is 1. The fourth-order valence-electron chi connectivity index (χ4n) is 3.00. The Balaban J connectivity index is 1.39. The van der Waals surface area contributed by atoms with Crippen LogP contribution in [0.25, 0.3) is 0 Å². The van der Waals surface area contributed by atoms with Crippen molar-refractivity contribution in [3.05, 3.63) is 58.0 Å². The molecule has 0 saturated carbocycles. The van der Waals surface area contributed by atoms with E-state index in [1.54, 1.807) is 16.2 Å². The average molecular weight is 404 g/mol. The summed E-state index contributed by atoms with van der Waals surface area (Å²) < 4.78 is 18.1. The summed E-state index contributed by atoms with van der Waals surface area (Å²) in [5.41, 5.74) is 0.421. The van der Waals surface area contributed by atoms with Crippen LogP contribution in [-0.4, -0.2) is 42.4 Å². The summed E-state index contributed by atoms with van der Waals surface area (Å²) in [7, 11) is 0. The first-order chi connectivity index (χ1) is 13.5. The van der Waals surface area contributed by atoms with Crippen molar-refractivity contribution in [3.63, 3.8) is 0 Å². The van der Waals surface area contributed by atoms with Gasteiger partial charge >= 0.3 is 5.97 Å². The number of carbonyl (C=O) groups is 3.